The summed E-state index contributed by atoms with van der Waals surface area (Å²) in [6.45, 7) is 3.97. The minimum atomic E-state index is -0.405. The highest BCUT2D eigenvalue weighted by Gasteiger charge is 2.09. The number of para-hydroxylation sites is 1. The SMILES string of the molecule is C=CCn1c(=O)oc2cccc(N)c21. The van der Waals surface area contributed by atoms with Crippen molar-refractivity contribution in [3.63, 3.8) is 0 Å². The summed E-state index contributed by atoms with van der Waals surface area (Å²) in [4.78, 5) is 11.4. The molecule has 0 aliphatic rings. The second-order valence-corrected chi connectivity index (χ2v) is 2.96. The van der Waals surface area contributed by atoms with E-state index in [0.717, 1.165) is 0 Å². The number of benzene rings is 1. The number of aromatic nitrogens is 1. The smallest absolute Gasteiger partial charge is 0.408 e. The standard InChI is InChI=1S/C10H10N2O2/c1-2-6-12-9-7(11)4-3-5-8(9)14-10(12)13/h2-5H,1,6,11H2. The van der Waals surface area contributed by atoms with Crippen LogP contribution in [0.4, 0.5) is 5.69 Å². The zero-order valence-electron chi connectivity index (χ0n) is 7.56. The van der Waals surface area contributed by atoms with Crippen LogP contribution in [0.5, 0.6) is 0 Å². The molecule has 0 fully saturated rings. The highest BCUT2D eigenvalue weighted by molar-refractivity contribution is 5.85. The third-order valence-electron chi connectivity index (χ3n) is 2.03. The Kier molecular flexibility index (Phi) is 1.89. The summed E-state index contributed by atoms with van der Waals surface area (Å²) in [6, 6.07) is 5.20. The summed E-state index contributed by atoms with van der Waals surface area (Å²) in [6.07, 6.45) is 1.63. The average Bonchev–Trinajstić information content (AvgIpc) is 2.45. The molecule has 0 atom stereocenters. The number of rotatable bonds is 2. The lowest BCUT2D eigenvalue weighted by atomic mass is 10.3. The molecular formula is C10H10N2O2. The lowest BCUT2D eigenvalue weighted by Gasteiger charge is -1.99. The highest BCUT2D eigenvalue weighted by atomic mass is 16.4. The summed E-state index contributed by atoms with van der Waals surface area (Å²) >= 11 is 0. The molecule has 0 unspecified atom stereocenters. The molecule has 0 saturated carbocycles. The summed E-state index contributed by atoms with van der Waals surface area (Å²) in [7, 11) is 0. The molecule has 1 aromatic carbocycles. The van der Waals surface area contributed by atoms with Gasteiger partial charge in [0.05, 0.1) is 5.69 Å². The number of hydrogen-bond acceptors (Lipinski definition) is 3. The van der Waals surface area contributed by atoms with E-state index in [2.05, 4.69) is 6.58 Å². The molecule has 72 valence electrons. The van der Waals surface area contributed by atoms with Crippen molar-refractivity contribution in [2.24, 2.45) is 0 Å². The fraction of sp³-hybridized carbons (Fsp3) is 0.100. The van der Waals surface area contributed by atoms with Crippen LogP contribution in [-0.2, 0) is 6.54 Å². The molecule has 2 rings (SSSR count). The Hall–Kier alpha value is -1.97. The third kappa shape index (κ3) is 1.12. The van der Waals surface area contributed by atoms with Crippen molar-refractivity contribution in [2.45, 2.75) is 6.54 Å². The van der Waals surface area contributed by atoms with Gasteiger partial charge in [-0.1, -0.05) is 12.1 Å². The van der Waals surface area contributed by atoms with E-state index in [-0.39, 0.29) is 0 Å². The number of allylic oxidation sites excluding steroid dienone is 1. The van der Waals surface area contributed by atoms with Crippen LogP contribution in [0.25, 0.3) is 11.1 Å². The van der Waals surface area contributed by atoms with Crippen LogP contribution in [0.2, 0.25) is 0 Å². The third-order valence-corrected chi connectivity index (χ3v) is 2.03. The minimum absolute atomic E-state index is 0.403. The van der Waals surface area contributed by atoms with Crippen LogP contribution in [0.15, 0.2) is 40.1 Å². The number of nitrogen functional groups attached to an aromatic ring is 1. The zero-order chi connectivity index (χ0) is 10.1. The largest absolute Gasteiger partial charge is 0.420 e. The van der Waals surface area contributed by atoms with E-state index in [0.29, 0.717) is 23.3 Å². The number of hydrogen-bond donors (Lipinski definition) is 1. The van der Waals surface area contributed by atoms with Gasteiger partial charge in [0.25, 0.3) is 0 Å². The molecule has 2 aromatic rings. The molecule has 14 heavy (non-hydrogen) atoms. The van der Waals surface area contributed by atoms with Crippen molar-refractivity contribution in [1.29, 1.82) is 0 Å². The maximum absolute atomic E-state index is 11.4. The van der Waals surface area contributed by atoms with Crippen LogP contribution < -0.4 is 11.5 Å². The van der Waals surface area contributed by atoms with E-state index in [4.69, 9.17) is 10.2 Å². The van der Waals surface area contributed by atoms with Crippen LogP contribution >= 0.6 is 0 Å². The first kappa shape index (κ1) is 8.62. The topological polar surface area (TPSA) is 61.2 Å². The van der Waals surface area contributed by atoms with E-state index >= 15 is 0 Å². The van der Waals surface area contributed by atoms with Crippen LogP contribution in [0.3, 0.4) is 0 Å². The Labute approximate surface area is 80.2 Å². The van der Waals surface area contributed by atoms with Gasteiger partial charge in [-0.05, 0) is 12.1 Å². The van der Waals surface area contributed by atoms with Crippen LogP contribution in [-0.4, -0.2) is 4.57 Å². The van der Waals surface area contributed by atoms with Gasteiger partial charge in [0.1, 0.15) is 5.52 Å². The molecule has 4 heteroatoms. The van der Waals surface area contributed by atoms with Crippen molar-refractivity contribution in [3.8, 4) is 0 Å². The molecule has 1 aromatic heterocycles. The lowest BCUT2D eigenvalue weighted by molar-refractivity contribution is 0.520. The van der Waals surface area contributed by atoms with Crippen molar-refractivity contribution in [3.05, 3.63) is 41.4 Å². The number of fused-ring (bicyclic) bond motifs is 1. The Morgan fingerprint density at radius 1 is 1.57 bits per heavy atom. The Morgan fingerprint density at radius 3 is 3.07 bits per heavy atom. The summed E-state index contributed by atoms with van der Waals surface area (Å²) in [5.74, 6) is -0.405. The fourth-order valence-electron chi connectivity index (χ4n) is 1.45. The number of anilines is 1. The quantitative estimate of drug-likeness (QED) is 0.574. The second kappa shape index (κ2) is 3.06. The van der Waals surface area contributed by atoms with E-state index in [9.17, 15) is 4.79 Å². The summed E-state index contributed by atoms with van der Waals surface area (Å²) < 4.78 is 6.47. The fourth-order valence-corrected chi connectivity index (χ4v) is 1.45. The molecule has 4 nitrogen and oxygen atoms in total. The van der Waals surface area contributed by atoms with Gasteiger partial charge in [-0.2, -0.15) is 0 Å². The Morgan fingerprint density at radius 2 is 2.36 bits per heavy atom. The van der Waals surface area contributed by atoms with E-state index < -0.39 is 5.76 Å². The zero-order valence-corrected chi connectivity index (χ0v) is 7.56. The van der Waals surface area contributed by atoms with E-state index in [1.807, 2.05) is 0 Å². The van der Waals surface area contributed by atoms with Gasteiger partial charge >= 0.3 is 5.76 Å². The average molecular weight is 190 g/mol. The van der Waals surface area contributed by atoms with Crippen molar-refractivity contribution in [2.75, 3.05) is 5.73 Å². The molecule has 0 aliphatic heterocycles. The molecule has 2 N–H and O–H groups in total. The first-order valence-corrected chi connectivity index (χ1v) is 4.23. The summed E-state index contributed by atoms with van der Waals surface area (Å²) in [5.41, 5.74) is 7.43. The first-order chi connectivity index (χ1) is 6.74. The van der Waals surface area contributed by atoms with Gasteiger partial charge in [0.15, 0.2) is 5.58 Å². The van der Waals surface area contributed by atoms with E-state index in [1.54, 1.807) is 24.3 Å². The first-order valence-electron chi connectivity index (χ1n) is 4.23. The molecule has 1 heterocycles. The van der Waals surface area contributed by atoms with Crippen LogP contribution in [0.1, 0.15) is 0 Å². The predicted molar refractivity (Wildman–Crippen MR) is 55.1 cm³/mol. The molecular weight excluding hydrogens is 180 g/mol. The predicted octanol–water partition coefficient (Wildman–Crippen LogP) is 1.36. The van der Waals surface area contributed by atoms with Gasteiger partial charge < -0.3 is 10.2 Å². The maximum Gasteiger partial charge on any atom is 0.420 e. The van der Waals surface area contributed by atoms with Gasteiger partial charge in [0, 0.05) is 6.54 Å². The van der Waals surface area contributed by atoms with Gasteiger partial charge in [-0.15, -0.1) is 6.58 Å². The van der Waals surface area contributed by atoms with Gasteiger partial charge in [-0.25, -0.2) is 4.79 Å². The lowest BCUT2D eigenvalue weighted by Crippen LogP contribution is -2.13. The minimum Gasteiger partial charge on any atom is -0.408 e. The van der Waals surface area contributed by atoms with E-state index in [1.165, 1.54) is 4.57 Å². The molecule has 0 aliphatic carbocycles. The van der Waals surface area contributed by atoms with Gasteiger partial charge in [-0.3, -0.25) is 4.57 Å². The highest BCUT2D eigenvalue weighted by Crippen LogP contribution is 2.19. The molecule has 0 spiro atoms. The summed E-state index contributed by atoms with van der Waals surface area (Å²) in [5, 5.41) is 0. The maximum atomic E-state index is 11.4. The van der Waals surface area contributed by atoms with Crippen LogP contribution in [0, 0.1) is 0 Å². The second-order valence-electron chi connectivity index (χ2n) is 2.96. The Bertz CT molecular complexity index is 537. The van der Waals surface area contributed by atoms with Crippen molar-refractivity contribution < 1.29 is 4.42 Å². The van der Waals surface area contributed by atoms with Crippen molar-refractivity contribution in [1.82, 2.24) is 4.57 Å². The number of nitrogens with two attached hydrogens (primary N) is 1. The number of oxazole rings is 1. The number of nitrogens with zero attached hydrogens (tertiary/aromatic N) is 1. The molecule has 0 radical (unpaired) electrons. The monoisotopic (exact) mass is 190 g/mol. The molecule has 0 bridgehead atoms. The Balaban J connectivity index is 2.86. The van der Waals surface area contributed by atoms with Gasteiger partial charge in [0.2, 0.25) is 0 Å². The normalized spacial score (nSPS) is 10.6. The van der Waals surface area contributed by atoms with Crippen molar-refractivity contribution >= 4 is 16.8 Å². The molecule has 0 amide bonds. The molecule has 0 saturated heterocycles.